The summed E-state index contributed by atoms with van der Waals surface area (Å²) in [6.07, 6.45) is 4.64. The smallest absolute Gasteiger partial charge is 0.264 e. The Kier molecular flexibility index (Phi) is 11.7. The fourth-order valence-corrected chi connectivity index (χ4v) is 15.7. The lowest BCUT2D eigenvalue weighted by molar-refractivity contribution is 0.332. The number of benzene rings is 9. The van der Waals surface area contributed by atoms with Gasteiger partial charge in [0.15, 0.2) is 0 Å². The van der Waals surface area contributed by atoms with Crippen LogP contribution in [-0.2, 0) is 27.1 Å². The predicted molar refractivity (Wildman–Crippen MR) is 351 cm³/mol. The third-order valence-corrected chi connectivity index (χ3v) is 20.5. The monoisotopic (exact) mass is 1070 g/mol. The van der Waals surface area contributed by atoms with Gasteiger partial charge in [-0.15, -0.1) is 11.3 Å². The van der Waals surface area contributed by atoms with Crippen LogP contribution < -0.4 is 30.4 Å². The molecule has 402 valence electrons. The van der Waals surface area contributed by atoms with E-state index in [0.29, 0.717) is 0 Å². The molecular weight excluding hydrogens is 998 g/mol. The summed E-state index contributed by atoms with van der Waals surface area (Å²) in [7, 11) is 0. The molecule has 5 heteroatoms. The first-order valence-corrected chi connectivity index (χ1v) is 30.4. The zero-order valence-electron chi connectivity index (χ0n) is 49.2. The Morgan fingerprint density at radius 3 is 1.54 bits per heavy atom. The van der Waals surface area contributed by atoms with E-state index in [0.717, 1.165) is 35.6 Å². The largest absolute Gasteiger partial charge is 0.311 e. The molecule has 9 aromatic carbocycles. The Bertz CT molecular complexity index is 4070. The predicted octanol–water partition coefficient (Wildman–Crippen LogP) is 19.8. The van der Waals surface area contributed by atoms with Crippen molar-refractivity contribution in [3.8, 4) is 22.3 Å². The van der Waals surface area contributed by atoms with Crippen molar-refractivity contribution in [3.63, 3.8) is 0 Å². The number of para-hydroxylation sites is 2. The molecule has 81 heavy (non-hydrogen) atoms. The Balaban J connectivity index is 1.16. The van der Waals surface area contributed by atoms with Gasteiger partial charge in [0.2, 0.25) is 0 Å². The summed E-state index contributed by atoms with van der Waals surface area (Å²) in [6, 6.07) is 76.8. The maximum Gasteiger partial charge on any atom is 0.264 e. The van der Waals surface area contributed by atoms with Crippen molar-refractivity contribution in [1.29, 1.82) is 0 Å². The Hall–Kier alpha value is -7.60. The molecule has 0 fully saturated rings. The first-order valence-electron chi connectivity index (χ1n) is 29.6. The van der Waals surface area contributed by atoms with E-state index in [1.807, 2.05) is 11.3 Å². The third kappa shape index (κ3) is 8.34. The third-order valence-electron chi connectivity index (χ3n) is 19.3. The van der Waals surface area contributed by atoms with Gasteiger partial charge in [0.25, 0.3) is 6.71 Å². The molecule has 0 bridgehead atoms. The lowest BCUT2D eigenvalue weighted by atomic mass is 9.36. The fraction of sp³-hybridized carbons (Fsp3) is 0.263. The van der Waals surface area contributed by atoms with Gasteiger partial charge in [-0.3, -0.25) is 0 Å². The maximum absolute atomic E-state index is 2.75. The molecule has 3 heterocycles. The second-order valence-electron chi connectivity index (χ2n) is 27.5. The summed E-state index contributed by atoms with van der Waals surface area (Å²) < 4.78 is 2.77. The van der Waals surface area contributed by atoms with E-state index in [2.05, 4.69) is 291 Å². The van der Waals surface area contributed by atoms with Gasteiger partial charge in [-0.1, -0.05) is 197 Å². The maximum atomic E-state index is 2.75. The SMILES string of the molecule is CC(C)(C)c1ccc(N2c3ccc(-c4ccccc4)cc3B3c4sc5cc6c(cc5c4N(c4ccc5c(c4)C(C)(C)CCC5(C)C)c4cc(N(c5ccccc5)c5ccccc5)cc2c43)C(C)(C)CCC6(C)C)c(-c2ccccc2)c1. The summed E-state index contributed by atoms with van der Waals surface area (Å²) in [5.41, 5.74) is 25.5. The number of hydrogen-bond donors (Lipinski definition) is 0. The highest BCUT2D eigenvalue weighted by Crippen LogP contribution is 2.56. The van der Waals surface area contributed by atoms with Gasteiger partial charge < -0.3 is 14.7 Å². The molecule has 14 rings (SSSR count). The van der Waals surface area contributed by atoms with Crippen LogP contribution in [-0.4, -0.2) is 6.71 Å². The summed E-state index contributed by atoms with van der Waals surface area (Å²) in [4.78, 5) is 7.89. The van der Waals surface area contributed by atoms with Gasteiger partial charge in [-0.25, -0.2) is 0 Å². The number of fused-ring (bicyclic) bond motifs is 8. The second-order valence-corrected chi connectivity index (χ2v) is 28.6. The first kappa shape index (κ1) is 51.5. The lowest BCUT2D eigenvalue weighted by Gasteiger charge is -2.46. The van der Waals surface area contributed by atoms with Crippen LogP contribution in [0, 0.1) is 0 Å². The standard InChI is InChI=1S/C76H74BN3S/c1-72(2,3)52-33-37-64(57(43-52)50-26-18-13-19-27-50)80-65-36-32-51(49-24-16-12-17-25-49)42-63(65)77-69-66(45-56(46-67(69)80)78(53-28-20-14-21-29-53)54-30-22-15-23-31-54)79(55-34-35-59-60(44-55)74(6,7)39-38-73(59,4)5)70-58-47-61-62(48-68(58)81-71(70)77)76(10,11)41-40-75(61,8)9/h12-37,42-48H,38-41H2,1-11H3. The normalized spacial score (nSPS) is 17.0. The number of anilines is 9. The number of rotatable bonds is 7. The molecule has 4 aliphatic rings. The highest BCUT2D eigenvalue weighted by molar-refractivity contribution is 7.33. The van der Waals surface area contributed by atoms with Crippen LogP contribution in [0.3, 0.4) is 0 Å². The zero-order valence-corrected chi connectivity index (χ0v) is 50.0. The van der Waals surface area contributed by atoms with E-state index < -0.39 is 0 Å². The number of thiophene rings is 1. The Morgan fingerprint density at radius 1 is 0.432 bits per heavy atom. The summed E-state index contributed by atoms with van der Waals surface area (Å²) in [5, 5.41) is 1.35. The summed E-state index contributed by atoms with van der Waals surface area (Å²) in [6.45, 7) is 26.7. The van der Waals surface area contributed by atoms with E-state index >= 15 is 0 Å². The van der Waals surface area contributed by atoms with Crippen LogP contribution in [0.4, 0.5) is 51.2 Å². The van der Waals surface area contributed by atoms with Crippen molar-refractivity contribution in [2.45, 2.75) is 129 Å². The first-order chi connectivity index (χ1) is 38.8. The van der Waals surface area contributed by atoms with Crippen molar-refractivity contribution >= 4 is 95.0 Å². The molecule has 0 atom stereocenters. The minimum atomic E-state index is -0.0791. The topological polar surface area (TPSA) is 9.72 Å². The van der Waals surface area contributed by atoms with Crippen molar-refractivity contribution in [2.75, 3.05) is 14.7 Å². The number of hydrogen-bond acceptors (Lipinski definition) is 4. The molecule has 0 spiro atoms. The van der Waals surface area contributed by atoms with Crippen molar-refractivity contribution in [2.24, 2.45) is 0 Å². The average Bonchev–Trinajstić information content (AvgIpc) is 2.44. The van der Waals surface area contributed by atoms with E-state index in [-0.39, 0.29) is 33.8 Å². The molecule has 2 aliphatic heterocycles. The van der Waals surface area contributed by atoms with Crippen LogP contribution in [0.15, 0.2) is 200 Å². The van der Waals surface area contributed by atoms with E-state index in [4.69, 9.17) is 0 Å². The van der Waals surface area contributed by atoms with E-state index in [1.165, 1.54) is 117 Å². The Labute approximate surface area is 486 Å². The highest BCUT2D eigenvalue weighted by atomic mass is 32.1. The van der Waals surface area contributed by atoms with Crippen LogP contribution in [0.25, 0.3) is 32.3 Å². The van der Waals surface area contributed by atoms with Gasteiger partial charge in [-0.05, 0) is 187 Å². The fourth-order valence-electron chi connectivity index (χ4n) is 14.4. The van der Waals surface area contributed by atoms with Crippen molar-refractivity contribution in [1.82, 2.24) is 0 Å². The van der Waals surface area contributed by atoms with Gasteiger partial charge in [0.1, 0.15) is 0 Å². The number of nitrogens with zero attached hydrogens (tertiary/aromatic N) is 3. The lowest BCUT2D eigenvalue weighted by Crippen LogP contribution is -2.60. The molecule has 0 N–H and O–H groups in total. The minimum absolute atomic E-state index is 0.00272. The molecule has 0 saturated heterocycles. The molecule has 0 amide bonds. The van der Waals surface area contributed by atoms with Crippen molar-refractivity contribution in [3.05, 3.63) is 228 Å². The highest BCUT2D eigenvalue weighted by Gasteiger charge is 2.48. The van der Waals surface area contributed by atoms with Gasteiger partial charge in [0, 0.05) is 54.6 Å². The van der Waals surface area contributed by atoms with E-state index in [1.54, 1.807) is 0 Å². The summed E-state index contributed by atoms with van der Waals surface area (Å²) in [5.74, 6) is 0. The molecule has 0 saturated carbocycles. The quantitative estimate of drug-likeness (QED) is 0.147. The average molecular weight is 1070 g/mol. The second kappa shape index (κ2) is 18.5. The molecule has 3 nitrogen and oxygen atoms in total. The molecule has 0 radical (unpaired) electrons. The van der Waals surface area contributed by atoms with Crippen molar-refractivity contribution < 1.29 is 0 Å². The summed E-state index contributed by atoms with van der Waals surface area (Å²) >= 11 is 2.04. The molecule has 1 aromatic heterocycles. The van der Waals surface area contributed by atoms with Crippen LogP contribution in [0.5, 0.6) is 0 Å². The molecule has 2 aliphatic carbocycles. The van der Waals surface area contributed by atoms with Gasteiger partial charge >= 0.3 is 0 Å². The van der Waals surface area contributed by atoms with Crippen LogP contribution >= 0.6 is 11.3 Å². The van der Waals surface area contributed by atoms with Crippen LogP contribution in [0.1, 0.15) is 130 Å². The molecule has 10 aromatic rings. The molecule has 0 unspecified atom stereocenters. The Morgan fingerprint density at radius 2 is 0.951 bits per heavy atom. The molecular formula is C76H74BN3S. The van der Waals surface area contributed by atoms with E-state index in [9.17, 15) is 0 Å². The van der Waals surface area contributed by atoms with Gasteiger partial charge in [0.05, 0.1) is 17.1 Å². The zero-order chi connectivity index (χ0) is 56.0. The minimum Gasteiger partial charge on any atom is -0.311 e. The van der Waals surface area contributed by atoms with Gasteiger partial charge in [-0.2, -0.15) is 0 Å². The van der Waals surface area contributed by atoms with Crippen LogP contribution in [0.2, 0.25) is 0 Å².